The van der Waals surface area contributed by atoms with Gasteiger partial charge in [0.25, 0.3) is 0 Å². The zero-order valence-corrected chi connectivity index (χ0v) is 10.9. The highest BCUT2D eigenvalue weighted by atomic mass is 19.4. The van der Waals surface area contributed by atoms with Gasteiger partial charge in [0, 0.05) is 25.5 Å². The van der Waals surface area contributed by atoms with Crippen LogP contribution in [0.1, 0.15) is 11.5 Å². The summed E-state index contributed by atoms with van der Waals surface area (Å²) < 4.78 is 40.8. The summed E-state index contributed by atoms with van der Waals surface area (Å²) in [5.41, 5.74) is 0.391. The maximum Gasteiger partial charge on any atom is 0.449 e. The van der Waals surface area contributed by atoms with Gasteiger partial charge in [-0.3, -0.25) is 9.48 Å². The largest absolute Gasteiger partial charge is 0.449 e. The molecule has 0 bridgehead atoms. The number of halogens is 3. The molecule has 2 aromatic rings. The van der Waals surface area contributed by atoms with Crippen molar-refractivity contribution in [3.05, 3.63) is 36.2 Å². The molecular weight excluding hydrogens is 287 g/mol. The van der Waals surface area contributed by atoms with Crippen LogP contribution in [0.2, 0.25) is 0 Å². The van der Waals surface area contributed by atoms with E-state index in [1.165, 1.54) is 15.8 Å². The first-order valence-corrected chi connectivity index (χ1v) is 6.32. The Hall–Kier alpha value is -2.32. The molecule has 2 aromatic heterocycles. The summed E-state index contributed by atoms with van der Waals surface area (Å²) in [6, 6.07) is 1.70. The molecule has 0 atom stereocenters. The number of amides is 1. The third-order valence-electron chi connectivity index (χ3n) is 3.35. The van der Waals surface area contributed by atoms with E-state index in [1.807, 2.05) is 0 Å². The minimum absolute atomic E-state index is 0.0767. The number of carbonyl (C=O) groups excluding carboxylic acids is 1. The molecule has 0 radical (unpaired) electrons. The first-order valence-electron chi connectivity index (χ1n) is 6.32. The van der Waals surface area contributed by atoms with Crippen LogP contribution in [-0.4, -0.2) is 36.7 Å². The third kappa shape index (κ3) is 2.63. The van der Waals surface area contributed by atoms with Gasteiger partial charge in [0.15, 0.2) is 0 Å². The molecule has 21 heavy (non-hydrogen) atoms. The molecule has 0 spiro atoms. The molecular formula is C12H12F3N5O. The zero-order chi connectivity index (χ0) is 15.0. The Morgan fingerprint density at radius 2 is 2.14 bits per heavy atom. The maximum absolute atomic E-state index is 12.7. The van der Waals surface area contributed by atoms with Crippen LogP contribution in [0.25, 0.3) is 0 Å². The number of nitrogens with zero attached hydrogens (tertiary/aromatic N) is 5. The van der Waals surface area contributed by atoms with Gasteiger partial charge in [-0.25, -0.2) is 4.98 Å². The number of fused-ring (bicyclic) bond motifs is 1. The SMILES string of the molecule is O=C(Cn1cccn1)N1CCn2c(cnc2C(F)(F)F)C1. The van der Waals surface area contributed by atoms with Crippen molar-refractivity contribution < 1.29 is 18.0 Å². The van der Waals surface area contributed by atoms with Crippen LogP contribution in [-0.2, 0) is 30.6 Å². The molecule has 0 fully saturated rings. The summed E-state index contributed by atoms with van der Waals surface area (Å²) in [5, 5.41) is 3.93. The first-order chi connectivity index (χ1) is 9.95. The second-order valence-electron chi connectivity index (χ2n) is 4.74. The zero-order valence-electron chi connectivity index (χ0n) is 10.9. The molecule has 0 aromatic carbocycles. The monoisotopic (exact) mass is 299 g/mol. The first kappa shape index (κ1) is 13.7. The Bertz CT molecular complexity index is 646. The highest BCUT2D eigenvalue weighted by Crippen LogP contribution is 2.30. The van der Waals surface area contributed by atoms with Crippen molar-refractivity contribution in [2.75, 3.05) is 6.54 Å². The third-order valence-corrected chi connectivity index (χ3v) is 3.35. The molecule has 0 saturated heterocycles. The van der Waals surface area contributed by atoms with Crippen LogP contribution in [0, 0.1) is 0 Å². The predicted octanol–water partition coefficient (Wildman–Crippen LogP) is 1.14. The van der Waals surface area contributed by atoms with Crippen LogP contribution in [0.3, 0.4) is 0 Å². The van der Waals surface area contributed by atoms with E-state index in [9.17, 15) is 18.0 Å². The molecule has 3 heterocycles. The molecule has 1 aliphatic rings. The lowest BCUT2D eigenvalue weighted by molar-refractivity contribution is -0.148. The smallest absolute Gasteiger partial charge is 0.333 e. The minimum Gasteiger partial charge on any atom is -0.333 e. The maximum atomic E-state index is 12.7. The molecule has 3 rings (SSSR count). The lowest BCUT2D eigenvalue weighted by atomic mass is 10.3. The van der Waals surface area contributed by atoms with E-state index in [1.54, 1.807) is 18.5 Å². The van der Waals surface area contributed by atoms with Crippen molar-refractivity contribution in [3.63, 3.8) is 0 Å². The highest BCUT2D eigenvalue weighted by molar-refractivity contribution is 5.76. The van der Waals surface area contributed by atoms with E-state index < -0.39 is 12.0 Å². The molecule has 1 amide bonds. The minimum atomic E-state index is -4.47. The summed E-state index contributed by atoms with van der Waals surface area (Å²) in [4.78, 5) is 17.0. The van der Waals surface area contributed by atoms with E-state index in [-0.39, 0.29) is 32.1 Å². The van der Waals surface area contributed by atoms with E-state index in [2.05, 4.69) is 10.1 Å². The van der Waals surface area contributed by atoms with Crippen LogP contribution in [0.5, 0.6) is 0 Å². The molecule has 0 unspecified atom stereocenters. The predicted molar refractivity (Wildman–Crippen MR) is 64.9 cm³/mol. The van der Waals surface area contributed by atoms with Crippen molar-refractivity contribution in [2.45, 2.75) is 25.8 Å². The van der Waals surface area contributed by atoms with Gasteiger partial charge in [-0.15, -0.1) is 0 Å². The van der Waals surface area contributed by atoms with Gasteiger partial charge in [0.05, 0.1) is 18.4 Å². The van der Waals surface area contributed by atoms with Gasteiger partial charge < -0.3 is 9.47 Å². The lowest BCUT2D eigenvalue weighted by Crippen LogP contribution is -2.40. The number of aromatic nitrogens is 4. The molecule has 0 aliphatic carbocycles. The van der Waals surface area contributed by atoms with Crippen molar-refractivity contribution in [2.24, 2.45) is 0 Å². The van der Waals surface area contributed by atoms with Crippen LogP contribution >= 0.6 is 0 Å². The Labute approximate surface area is 117 Å². The summed E-state index contributed by atoms with van der Waals surface area (Å²) in [6.45, 7) is 0.526. The lowest BCUT2D eigenvalue weighted by Gasteiger charge is -2.29. The van der Waals surface area contributed by atoms with Crippen LogP contribution < -0.4 is 0 Å². The van der Waals surface area contributed by atoms with Crippen molar-refractivity contribution >= 4 is 5.91 Å². The van der Waals surface area contributed by atoms with Crippen molar-refractivity contribution in [1.82, 2.24) is 24.2 Å². The van der Waals surface area contributed by atoms with Gasteiger partial charge in [0.2, 0.25) is 11.7 Å². The number of hydrogen-bond donors (Lipinski definition) is 0. The fraction of sp³-hybridized carbons (Fsp3) is 0.417. The number of rotatable bonds is 2. The standard InChI is InChI=1S/C12H12F3N5O/c13-12(14,15)11-16-6-9-7-18(4-5-20(9)11)10(21)8-19-3-1-2-17-19/h1-3,6H,4-5,7-8H2. The van der Waals surface area contributed by atoms with E-state index in [0.717, 1.165) is 4.57 Å². The van der Waals surface area contributed by atoms with E-state index in [4.69, 9.17) is 0 Å². The van der Waals surface area contributed by atoms with Gasteiger partial charge in [0.1, 0.15) is 6.54 Å². The van der Waals surface area contributed by atoms with Gasteiger partial charge in [-0.1, -0.05) is 0 Å². The Balaban J connectivity index is 1.73. The second-order valence-corrected chi connectivity index (χ2v) is 4.74. The molecule has 1 aliphatic heterocycles. The van der Waals surface area contributed by atoms with E-state index in [0.29, 0.717) is 5.69 Å². The normalized spacial score (nSPS) is 15.1. The number of hydrogen-bond acceptors (Lipinski definition) is 3. The molecule has 6 nitrogen and oxygen atoms in total. The van der Waals surface area contributed by atoms with Gasteiger partial charge in [-0.05, 0) is 6.07 Å². The Morgan fingerprint density at radius 3 is 2.81 bits per heavy atom. The Morgan fingerprint density at radius 1 is 1.33 bits per heavy atom. The Kier molecular flexibility index (Phi) is 3.19. The number of carbonyl (C=O) groups is 1. The van der Waals surface area contributed by atoms with Crippen molar-refractivity contribution in [1.29, 1.82) is 0 Å². The van der Waals surface area contributed by atoms with Crippen LogP contribution in [0.15, 0.2) is 24.7 Å². The average Bonchev–Trinajstić information content (AvgIpc) is 3.05. The quantitative estimate of drug-likeness (QED) is 0.835. The summed E-state index contributed by atoms with van der Waals surface area (Å²) in [5.74, 6) is -1.09. The average molecular weight is 299 g/mol. The van der Waals surface area contributed by atoms with E-state index >= 15 is 0 Å². The van der Waals surface area contributed by atoms with Gasteiger partial charge >= 0.3 is 6.18 Å². The number of imidazole rings is 1. The molecule has 0 saturated carbocycles. The fourth-order valence-corrected chi connectivity index (χ4v) is 2.35. The second kappa shape index (κ2) is 4.90. The van der Waals surface area contributed by atoms with Gasteiger partial charge in [-0.2, -0.15) is 18.3 Å². The topological polar surface area (TPSA) is 56.0 Å². The molecule has 0 N–H and O–H groups in total. The summed E-state index contributed by atoms with van der Waals surface area (Å²) >= 11 is 0. The van der Waals surface area contributed by atoms with Crippen LogP contribution in [0.4, 0.5) is 13.2 Å². The molecule has 9 heteroatoms. The summed E-state index contributed by atoms with van der Waals surface area (Å²) in [7, 11) is 0. The number of alkyl halides is 3. The fourth-order valence-electron chi connectivity index (χ4n) is 2.35. The highest BCUT2D eigenvalue weighted by Gasteiger charge is 2.38. The molecule has 112 valence electrons. The summed E-state index contributed by atoms with van der Waals surface area (Å²) in [6.07, 6.45) is -0.0717. The van der Waals surface area contributed by atoms with Crippen molar-refractivity contribution in [3.8, 4) is 0 Å².